The van der Waals surface area contributed by atoms with Crippen LogP contribution >= 0.6 is 12.4 Å². The van der Waals surface area contributed by atoms with E-state index in [1.54, 1.807) is 0 Å². The van der Waals surface area contributed by atoms with Crippen LogP contribution in [0.2, 0.25) is 0 Å². The van der Waals surface area contributed by atoms with Crippen LogP contribution in [0.5, 0.6) is 5.75 Å². The van der Waals surface area contributed by atoms with Crippen LogP contribution in [0.1, 0.15) is 18.0 Å². The Morgan fingerprint density at radius 2 is 2.00 bits per heavy atom. The molecule has 0 unspecified atom stereocenters. The Hall–Kier alpha value is -0.940. The summed E-state index contributed by atoms with van der Waals surface area (Å²) >= 11 is 0. The first-order chi connectivity index (χ1) is 7.06. The van der Waals surface area contributed by atoms with E-state index in [9.17, 15) is 13.2 Å². The third-order valence-electron chi connectivity index (χ3n) is 2.03. The molecule has 1 atom stereocenters. The Morgan fingerprint density at radius 3 is 2.50 bits per heavy atom. The molecule has 0 heterocycles. The second kappa shape index (κ2) is 6.60. The van der Waals surface area contributed by atoms with Crippen molar-refractivity contribution in [2.45, 2.75) is 18.9 Å². The van der Waals surface area contributed by atoms with E-state index in [0.29, 0.717) is 0 Å². The molecule has 0 fully saturated rings. The van der Waals surface area contributed by atoms with Gasteiger partial charge >= 0.3 is 0 Å². The number of hydrogen-bond acceptors (Lipinski definition) is 2. The second-order valence-electron chi connectivity index (χ2n) is 3.10. The average molecular weight is 256 g/mol. The monoisotopic (exact) mass is 255 g/mol. The minimum Gasteiger partial charge on any atom is -0.493 e. The number of ether oxygens (including phenoxy) is 1. The zero-order valence-electron chi connectivity index (χ0n) is 8.62. The van der Waals surface area contributed by atoms with Gasteiger partial charge in [-0.15, -0.1) is 12.4 Å². The molecule has 16 heavy (non-hydrogen) atoms. The number of hydrogen-bond donors (Lipinski definition) is 1. The predicted molar refractivity (Wildman–Crippen MR) is 57.7 cm³/mol. The lowest BCUT2D eigenvalue weighted by Crippen LogP contribution is -2.15. The zero-order valence-corrected chi connectivity index (χ0v) is 9.44. The van der Waals surface area contributed by atoms with Crippen LogP contribution in [-0.4, -0.2) is 13.5 Å². The molecule has 0 bridgehead atoms. The average Bonchev–Trinajstić information content (AvgIpc) is 2.16. The topological polar surface area (TPSA) is 35.2 Å². The van der Waals surface area contributed by atoms with Crippen molar-refractivity contribution in [3.63, 3.8) is 0 Å². The van der Waals surface area contributed by atoms with Gasteiger partial charge in [0.15, 0.2) is 11.6 Å². The highest BCUT2D eigenvalue weighted by Gasteiger charge is 2.18. The lowest BCUT2D eigenvalue weighted by Gasteiger charge is -2.15. The molecule has 0 spiro atoms. The maximum absolute atomic E-state index is 13.2. The quantitative estimate of drug-likeness (QED) is 0.898. The summed E-state index contributed by atoms with van der Waals surface area (Å²) in [6.45, 7) is 0. The molecule has 0 radical (unpaired) electrons. The largest absolute Gasteiger partial charge is 0.493 e. The van der Waals surface area contributed by atoms with E-state index >= 15 is 0 Å². The first kappa shape index (κ1) is 15.1. The SMILES string of the molecule is COc1c(F)cccc1[C@H](N)CC(F)F.Cl. The van der Waals surface area contributed by atoms with Gasteiger partial charge in [-0.1, -0.05) is 12.1 Å². The third kappa shape index (κ3) is 3.57. The van der Waals surface area contributed by atoms with Crippen molar-refractivity contribution in [2.24, 2.45) is 5.73 Å². The normalized spacial score (nSPS) is 12.1. The molecule has 0 amide bonds. The highest BCUT2D eigenvalue weighted by molar-refractivity contribution is 5.85. The number of halogens is 4. The van der Waals surface area contributed by atoms with Crippen LogP contribution in [0.4, 0.5) is 13.2 Å². The van der Waals surface area contributed by atoms with Crippen LogP contribution in [0.3, 0.4) is 0 Å². The summed E-state index contributed by atoms with van der Waals surface area (Å²) in [5.41, 5.74) is 5.78. The Kier molecular flexibility index (Phi) is 6.21. The summed E-state index contributed by atoms with van der Waals surface area (Å²) in [6.07, 6.45) is -3.03. The summed E-state index contributed by atoms with van der Waals surface area (Å²) in [4.78, 5) is 0. The van der Waals surface area contributed by atoms with Gasteiger partial charge in [0.05, 0.1) is 7.11 Å². The Bertz CT molecular complexity index is 336. The van der Waals surface area contributed by atoms with E-state index in [4.69, 9.17) is 10.5 Å². The fraction of sp³-hybridized carbons (Fsp3) is 0.400. The summed E-state index contributed by atoms with van der Waals surface area (Å²) in [7, 11) is 1.27. The molecule has 1 aromatic carbocycles. The zero-order chi connectivity index (χ0) is 11.4. The number of nitrogens with two attached hydrogens (primary N) is 1. The number of alkyl halides is 2. The van der Waals surface area contributed by atoms with Gasteiger partial charge < -0.3 is 10.5 Å². The van der Waals surface area contributed by atoms with Gasteiger partial charge in [0.25, 0.3) is 0 Å². The Labute approximate surface area is 98.0 Å². The molecular weight excluding hydrogens is 243 g/mol. The molecule has 0 aromatic heterocycles. The van der Waals surface area contributed by atoms with E-state index < -0.39 is 24.7 Å². The molecule has 0 saturated carbocycles. The number of methoxy groups -OCH3 is 1. The van der Waals surface area contributed by atoms with Gasteiger partial charge in [-0.05, 0) is 6.07 Å². The summed E-state index contributed by atoms with van der Waals surface area (Å²) in [5.74, 6) is -0.662. The summed E-state index contributed by atoms with van der Waals surface area (Å²) in [6, 6.07) is 3.17. The predicted octanol–water partition coefficient (Wildman–Crippen LogP) is 2.91. The maximum atomic E-state index is 13.2. The van der Waals surface area contributed by atoms with Crippen molar-refractivity contribution in [1.29, 1.82) is 0 Å². The van der Waals surface area contributed by atoms with Crippen molar-refractivity contribution in [1.82, 2.24) is 0 Å². The van der Waals surface area contributed by atoms with Crippen molar-refractivity contribution < 1.29 is 17.9 Å². The lowest BCUT2D eigenvalue weighted by molar-refractivity contribution is 0.128. The van der Waals surface area contributed by atoms with E-state index in [1.807, 2.05) is 0 Å². The van der Waals surface area contributed by atoms with E-state index in [-0.39, 0.29) is 23.7 Å². The minimum absolute atomic E-state index is 0. The van der Waals surface area contributed by atoms with Gasteiger partial charge in [0.2, 0.25) is 6.43 Å². The third-order valence-corrected chi connectivity index (χ3v) is 2.03. The van der Waals surface area contributed by atoms with Gasteiger partial charge in [-0.2, -0.15) is 0 Å². The standard InChI is InChI=1S/C10H12F3NO.ClH/c1-15-10-6(3-2-4-7(10)11)8(14)5-9(12)13;/h2-4,8-9H,5,14H2,1H3;1H/t8-;/m1./s1. The van der Waals surface area contributed by atoms with Crippen LogP contribution in [0.15, 0.2) is 18.2 Å². The van der Waals surface area contributed by atoms with Crippen LogP contribution in [0.25, 0.3) is 0 Å². The number of rotatable bonds is 4. The first-order valence-corrected chi connectivity index (χ1v) is 4.42. The molecule has 0 saturated heterocycles. The molecule has 0 aliphatic carbocycles. The second-order valence-corrected chi connectivity index (χ2v) is 3.10. The summed E-state index contributed by atoms with van der Waals surface area (Å²) in [5, 5.41) is 0. The highest BCUT2D eigenvalue weighted by atomic mass is 35.5. The van der Waals surface area contributed by atoms with Crippen LogP contribution in [-0.2, 0) is 0 Å². The minimum atomic E-state index is -2.52. The Balaban J connectivity index is 0.00000225. The smallest absolute Gasteiger partial charge is 0.240 e. The van der Waals surface area contributed by atoms with Gasteiger partial charge in [-0.3, -0.25) is 0 Å². The Morgan fingerprint density at radius 1 is 1.38 bits per heavy atom. The van der Waals surface area contributed by atoms with Crippen molar-refractivity contribution in [3.05, 3.63) is 29.6 Å². The maximum Gasteiger partial charge on any atom is 0.240 e. The molecule has 2 nitrogen and oxygen atoms in total. The molecule has 0 aliphatic heterocycles. The van der Waals surface area contributed by atoms with Crippen LogP contribution < -0.4 is 10.5 Å². The molecule has 92 valence electrons. The van der Waals surface area contributed by atoms with Gasteiger partial charge in [0.1, 0.15) is 0 Å². The fourth-order valence-electron chi connectivity index (χ4n) is 1.35. The molecular formula is C10H13ClF3NO. The molecule has 1 aromatic rings. The van der Waals surface area contributed by atoms with E-state index in [0.717, 1.165) is 0 Å². The van der Waals surface area contributed by atoms with Crippen molar-refractivity contribution in [2.75, 3.05) is 7.11 Å². The van der Waals surface area contributed by atoms with Gasteiger partial charge in [0, 0.05) is 18.0 Å². The van der Waals surface area contributed by atoms with Gasteiger partial charge in [-0.25, -0.2) is 13.2 Å². The highest BCUT2D eigenvalue weighted by Crippen LogP contribution is 2.29. The lowest BCUT2D eigenvalue weighted by atomic mass is 10.0. The van der Waals surface area contributed by atoms with Crippen molar-refractivity contribution >= 4 is 12.4 Å². The van der Waals surface area contributed by atoms with E-state index in [2.05, 4.69) is 0 Å². The molecule has 0 aliphatic rings. The van der Waals surface area contributed by atoms with E-state index in [1.165, 1.54) is 25.3 Å². The first-order valence-electron chi connectivity index (χ1n) is 4.42. The molecule has 6 heteroatoms. The molecule has 1 rings (SSSR count). The van der Waals surface area contributed by atoms with Crippen LogP contribution in [0, 0.1) is 5.82 Å². The fourth-order valence-corrected chi connectivity index (χ4v) is 1.35. The molecule has 2 N–H and O–H groups in total. The number of benzene rings is 1. The number of para-hydroxylation sites is 1. The van der Waals surface area contributed by atoms with Crippen molar-refractivity contribution in [3.8, 4) is 5.75 Å². The summed E-state index contributed by atoms with van der Waals surface area (Å²) < 4.78 is 42.1.